The first-order valence-corrected chi connectivity index (χ1v) is 5.67. The number of carbonyl (C=O) groups excluding carboxylic acids is 1. The van der Waals surface area contributed by atoms with Gasteiger partial charge in [0.25, 0.3) is 0 Å². The normalized spacial score (nSPS) is 27.6. The van der Waals surface area contributed by atoms with Crippen LogP contribution in [-0.4, -0.2) is 48.2 Å². The molecule has 16 heavy (non-hydrogen) atoms. The average molecular weight is 227 g/mol. The van der Waals surface area contributed by atoms with Crippen molar-refractivity contribution in [3.63, 3.8) is 0 Å². The minimum Gasteiger partial charge on any atom is -0.481 e. The smallest absolute Gasteiger partial charge is 0.307 e. The molecule has 1 N–H and O–H groups in total. The van der Waals surface area contributed by atoms with E-state index in [1.165, 1.54) is 0 Å². The number of carboxylic acids is 1. The number of ether oxygens (including phenoxy) is 1. The quantitative estimate of drug-likeness (QED) is 0.710. The minimum atomic E-state index is -0.846. The van der Waals surface area contributed by atoms with Gasteiger partial charge < -0.3 is 14.7 Å². The molecule has 0 unspecified atom stereocenters. The van der Waals surface area contributed by atoms with Gasteiger partial charge in [-0.05, 0) is 19.3 Å². The highest BCUT2D eigenvalue weighted by molar-refractivity contribution is 5.89. The zero-order valence-electron chi connectivity index (χ0n) is 9.39. The Hall–Kier alpha value is -1.10. The molecule has 2 aliphatic rings. The Morgan fingerprint density at radius 1 is 1.38 bits per heavy atom. The van der Waals surface area contributed by atoms with E-state index in [0.29, 0.717) is 25.6 Å². The van der Waals surface area contributed by atoms with Crippen molar-refractivity contribution in [2.75, 3.05) is 20.3 Å². The van der Waals surface area contributed by atoms with Gasteiger partial charge in [0.2, 0.25) is 5.91 Å². The molecule has 0 aromatic carbocycles. The lowest BCUT2D eigenvalue weighted by Gasteiger charge is -2.22. The van der Waals surface area contributed by atoms with Crippen LogP contribution in [0.25, 0.3) is 0 Å². The van der Waals surface area contributed by atoms with Crippen LogP contribution in [0, 0.1) is 11.8 Å². The maximum absolute atomic E-state index is 12.0. The summed E-state index contributed by atoms with van der Waals surface area (Å²) in [4.78, 5) is 24.5. The van der Waals surface area contributed by atoms with E-state index in [2.05, 4.69) is 0 Å². The number of nitrogens with zero attached hydrogens (tertiary/aromatic N) is 1. The zero-order valence-corrected chi connectivity index (χ0v) is 9.39. The van der Waals surface area contributed by atoms with Crippen molar-refractivity contribution >= 4 is 11.9 Å². The van der Waals surface area contributed by atoms with Crippen molar-refractivity contribution in [1.29, 1.82) is 0 Å². The van der Waals surface area contributed by atoms with Crippen LogP contribution < -0.4 is 0 Å². The van der Waals surface area contributed by atoms with E-state index in [4.69, 9.17) is 9.84 Å². The summed E-state index contributed by atoms with van der Waals surface area (Å²) in [6.07, 6.45) is 2.59. The van der Waals surface area contributed by atoms with Gasteiger partial charge in [0.15, 0.2) is 0 Å². The Bertz CT molecular complexity index is 300. The summed E-state index contributed by atoms with van der Waals surface area (Å²) in [6, 6.07) is 0.331. The van der Waals surface area contributed by atoms with E-state index in [9.17, 15) is 9.59 Å². The topological polar surface area (TPSA) is 66.8 Å². The van der Waals surface area contributed by atoms with Gasteiger partial charge in [-0.15, -0.1) is 0 Å². The van der Waals surface area contributed by atoms with Crippen LogP contribution >= 0.6 is 0 Å². The first-order chi connectivity index (χ1) is 7.65. The lowest BCUT2D eigenvalue weighted by molar-refractivity contribution is -0.142. The second kappa shape index (κ2) is 4.41. The molecule has 90 valence electrons. The lowest BCUT2D eigenvalue weighted by atomic mass is 10.2. The van der Waals surface area contributed by atoms with Crippen LogP contribution in [0.4, 0.5) is 0 Å². The standard InChI is InChI=1S/C11H17NO4/c1-16-5-4-12(7-2-3-7)10(13)8-6-9(8)11(14)15/h7-9H,2-6H2,1H3,(H,14,15)/t8-,9+/m1/s1. The van der Waals surface area contributed by atoms with Gasteiger partial charge >= 0.3 is 5.97 Å². The minimum absolute atomic E-state index is 0.00644. The Balaban J connectivity index is 1.88. The molecular formula is C11H17NO4. The number of carboxylic acid groups (broad SMARTS) is 1. The fourth-order valence-electron chi connectivity index (χ4n) is 2.00. The van der Waals surface area contributed by atoms with Gasteiger partial charge in [-0.1, -0.05) is 0 Å². The molecular weight excluding hydrogens is 210 g/mol. The predicted octanol–water partition coefficient (Wildman–Crippen LogP) is 0.344. The number of carbonyl (C=O) groups is 2. The van der Waals surface area contributed by atoms with Gasteiger partial charge in [-0.2, -0.15) is 0 Å². The highest BCUT2D eigenvalue weighted by atomic mass is 16.5. The van der Waals surface area contributed by atoms with E-state index in [1.807, 2.05) is 0 Å². The summed E-state index contributed by atoms with van der Waals surface area (Å²) in [5, 5.41) is 8.79. The molecule has 2 fully saturated rings. The largest absolute Gasteiger partial charge is 0.481 e. The maximum atomic E-state index is 12.0. The Labute approximate surface area is 94.4 Å². The van der Waals surface area contributed by atoms with Crippen LogP contribution in [0.3, 0.4) is 0 Å². The molecule has 0 saturated heterocycles. The molecule has 0 aliphatic heterocycles. The second-order valence-electron chi connectivity index (χ2n) is 4.54. The van der Waals surface area contributed by atoms with Gasteiger partial charge in [0, 0.05) is 19.7 Å². The van der Waals surface area contributed by atoms with E-state index in [1.54, 1.807) is 12.0 Å². The number of rotatable bonds is 6. The number of hydrogen-bond donors (Lipinski definition) is 1. The summed E-state index contributed by atoms with van der Waals surface area (Å²) in [7, 11) is 1.60. The Morgan fingerprint density at radius 2 is 2.06 bits per heavy atom. The summed E-state index contributed by atoms with van der Waals surface area (Å²) in [5.74, 6) is -1.57. The molecule has 0 bridgehead atoms. The van der Waals surface area contributed by atoms with Crippen LogP contribution in [0.15, 0.2) is 0 Å². The van der Waals surface area contributed by atoms with Crippen LogP contribution in [0.2, 0.25) is 0 Å². The van der Waals surface area contributed by atoms with Gasteiger partial charge in [-0.25, -0.2) is 0 Å². The van der Waals surface area contributed by atoms with Crippen molar-refractivity contribution in [3.8, 4) is 0 Å². The van der Waals surface area contributed by atoms with Crippen molar-refractivity contribution < 1.29 is 19.4 Å². The zero-order chi connectivity index (χ0) is 11.7. The fraction of sp³-hybridized carbons (Fsp3) is 0.818. The molecule has 0 spiro atoms. The molecule has 0 radical (unpaired) electrons. The van der Waals surface area contributed by atoms with Crippen LogP contribution in [0.1, 0.15) is 19.3 Å². The molecule has 1 amide bonds. The summed E-state index contributed by atoms with van der Waals surface area (Å²) in [5.41, 5.74) is 0. The lowest BCUT2D eigenvalue weighted by Crippen LogP contribution is -2.37. The number of hydrogen-bond acceptors (Lipinski definition) is 3. The van der Waals surface area contributed by atoms with E-state index in [0.717, 1.165) is 12.8 Å². The first kappa shape index (κ1) is 11.4. The van der Waals surface area contributed by atoms with Gasteiger partial charge in [0.1, 0.15) is 0 Å². The third-order valence-corrected chi connectivity index (χ3v) is 3.23. The molecule has 0 aromatic rings. The highest BCUT2D eigenvalue weighted by Crippen LogP contribution is 2.42. The van der Waals surface area contributed by atoms with E-state index >= 15 is 0 Å². The van der Waals surface area contributed by atoms with Crippen molar-refractivity contribution in [3.05, 3.63) is 0 Å². The van der Waals surface area contributed by atoms with E-state index < -0.39 is 11.9 Å². The number of amides is 1. The maximum Gasteiger partial charge on any atom is 0.307 e. The summed E-state index contributed by atoms with van der Waals surface area (Å²) >= 11 is 0. The molecule has 2 aliphatic carbocycles. The molecule has 0 heterocycles. The third-order valence-electron chi connectivity index (χ3n) is 3.23. The summed E-state index contributed by atoms with van der Waals surface area (Å²) in [6.45, 7) is 1.11. The fourth-order valence-corrected chi connectivity index (χ4v) is 2.00. The predicted molar refractivity (Wildman–Crippen MR) is 55.8 cm³/mol. The Kier molecular flexibility index (Phi) is 3.14. The van der Waals surface area contributed by atoms with Gasteiger partial charge in [-0.3, -0.25) is 9.59 Å². The van der Waals surface area contributed by atoms with Crippen LogP contribution in [-0.2, 0) is 14.3 Å². The number of methoxy groups -OCH3 is 1. The highest BCUT2D eigenvalue weighted by Gasteiger charge is 2.51. The van der Waals surface area contributed by atoms with E-state index in [-0.39, 0.29) is 11.8 Å². The Morgan fingerprint density at radius 3 is 2.50 bits per heavy atom. The third kappa shape index (κ3) is 2.35. The molecule has 0 aromatic heterocycles. The molecule has 5 heteroatoms. The monoisotopic (exact) mass is 227 g/mol. The second-order valence-corrected chi connectivity index (χ2v) is 4.54. The van der Waals surface area contributed by atoms with Crippen molar-refractivity contribution in [2.24, 2.45) is 11.8 Å². The summed E-state index contributed by atoms with van der Waals surface area (Å²) < 4.78 is 4.96. The number of aliphatic carboxylic acids is 1. The van der Waals surface area contributed by atoms with Crippen LogP contribution in [0.5, 0.6) is 0 Å². The average Bonchev–Trinajstić information content (AvgIpc) is 3.10. The molecule has 2 rings (SSSR count). The first-order valence-electron chi connectivity index (χ1n) is 5.67. The van der Waals surface area contributed by atoms with Crippen molar-refractivity contribution in [2.45, 2.75) is 25.3 Å². The van der Waals surface area contributed by atoms with Crippen molar-refractivity contribution in [1.82, 2.24) is 4.90 Å². The van der Waals surface area contributed by atoms with Gasteiger partial charge in [0.05, 0.1) is 18.4 Å². The molecule has 5 nitrogen and oxygen atoms in total. The molecule has 2 atom stereocenters. The SMILES string of the molecule is COCCN(C(=O)[C@@H]1C[C@@H]1C(=O)O)C1CC1. The molecule has 2 saturated carbocycles.